The number of anilines is 2. The van der Waals surface area contributed by atoms with Crippen LogP contribution in [-0.2, 0) is 13.6 Å². The normalized spacial score (nSPS) is 10.7. The van der Waals surface area contributed by atoms with E-state index in [1.807, 2.05) is 33.2 Å². The van der Waals surface area contributed by atoms with E-state index in [0.29, 0.717) is 12.5 Å². The zero-order chi connectivity index (χ0) is 14.5. The summed E-state index contributed by atoms with van der Waals surface area (Å²) in [6.45, 7) is 4.27. The van der Waals surface area contributed by atoms with E-state index < -0.39 is 0 Å². The summed E-state index contributed by atoms with van der Waals surface area (Å²) >= 11 is 0. The summed E-state index contributed by atoms with van der Waals surface area (Å²) in [5, 5.41) is 7.30. The smallest absolute Gasteiger partial charge is 0.323 e. The molecule has 0 bridgehead atoms. The minimum absolute atomic E-state index is 0.0355. The van der Waals surface area contributed by atoms with Gasteiger partial charge in [0.05, 0.1) is 18.3 Å². The largest absolute Gasteiger partial charge is 0.461 e. The van der Waals surface area contributed by atoms with Crippen LogP contribution in [0.4, 0.5) is 11.9 Å². The highest BCUT2D eigenvalue weighted by atomic mass is 16.5. The van der Waals surface area contributed by atoms with Crippen LogP contribution in [0.5, 0.6) is 6.01 Å². The third kappa shape index (κ3) is 3.79. The molecule has 20 heavy (non-hydrogen) atoms. The van der Waals surface area contributed by atoms with Gasteiger partial charge in [-0.25, -0.2) is 5.84 Å². The molecule has 0 radical (unpaired) electrons. The number of nitrogens with two attached hydrogens (primary N) is 1. The van der Waals surface area contributed by atoms with Crippen molar-refractivity contribution in [2.75, 3.05) is 10.7 Å². The van der Waals surface area contributed by atoms with Gasteiger partial charge in [-0.05, 0) is 19.9 Å². The highest BCUT2D eigenvalue weighted by Gasteiger charge is 2.08. The average molecular weight is 278 g/mol. The predicted octanol–water partition coefficient (Wildman–Crippen LogP) is 0.290. The summed E-state index contributed by atoms with van der Waals surface area (Å²) < 4.78 is 7.16. The van der Waals surface area contributed by atoms with Crippen molar-refractivity contribution in [1.82, 2.24) is 24.7 Å². The molecule has 0 saturated heterocycles. The molecule has 0 unspecified atom stereocenters. The summed E-state index contributed by atoms with van der Waals surface area (Å²) in [6, 6.07) is 2.12. The lowest BCUT2D eigenvalue weighted by Gasteiger charge is -2.10. The molecular formula is C11H18N8O. The van der Waals surface area contributed by atoms with Crippen LogP contribution in [0.1, 0.15) is 19.5 Å². The second-order valence-electron chi connectivity index (χ2n) is 4.41. The first-order valence-corrected chi connectivity index (χ1v) is 6.18. The molecule has 2 aromatic heterocycles. The van der Waals surface area contributed by atoms with Crippen LogP contribution < -0.4 is 21.3 Å². The monoisotopic (exact) mass is 278 g/mol. The molecule has 2 aromatic rings. The number of hydrogen-bond acceptors (Lipinski definition) is 8. The summed E-state index contributed by atoms with van der Waals surface area (Å²) in [5.41, 5.74) is 3.26. The van der Waals surface area contributed by atoms with Crippen molar-refractivity contribution in [3.8, 4) is 6.01 Å². The van der Waals surface area contributed by atoms with Gasteiger partial charge >= 0.3 is 6.01 Å². The Morgan fingerprint density at radius 2 is 2.05 bits per heavy atom. The molecule has 0 fully saturated rings. The van der Waals surface area contributed by atoms with Crippen LogP contribution in [0.15, 0.2) is 12.3 Å². The standard InChI is InChI=1S/C11H18N8O/c1-7(2)20-11-15-9(14-10(16-11)17-12)13-6-8-4-5-19(3)18-8/h4-5,7H,6,12H2,1-3H3,(H2,13,14,15,16,17). The molecule has 0 aromatic carbocycles. The lowest BCUT2D eigenvalue weighted by Crippen LogP contribution is -2.16. The molecule has 0 aliphatic rings. The second kappa shape index (κ2) is 6.15. The summed E-state index contributed by atoms with van der Waals surface area (Å²) in [6.07, 6.45) is 1.83. The number of hydrogen-bond donors (Lipinski definition) is 3. The molecular weight excluding hydrogens is 260 g/mol. The van der Waals surface area contributed by atoms with Gasteiger partial charge in [0.15, 0.2) is 0 Å². The van der Waals surface area contributed by atoms with Crippen LogP contribution in [0, 0.1) is 0 Å². The molecule has 9 heteroatoms. The quantitative estimate of drug-likeness (QED) is 0.510. The molecule has 2 heterocycles. The van der Waals surface area contributed by atoms with E-state index in [1.165, 1.54) is 0 Å². The van der Waals surface area contributed by atoms with Gasteiger partial charge in [0, 0.05) is 13.2 Å². The third-order valence-electron chi connectivity index (χ3n) is 2.28. The first kappa shape index (κ1) is 14.0. The molecule has 4 N–H and O–H groups in total. The van der Waals surface area contributed by atoms with E-state index >= 15 is 0 Å². The number of hydrazine groups is 1. The number of nitrogens with zero attached hydrogens (tertiary/aromatic N) is 5. The summed E-state index contributed by atoms with van der Waals surface area (Å²) in [5.74, 6) is 5.93. The van der Waals surface area contributed by atoms with Crippen molar-refractivity contribution in [1.29, 1.82) is 0 Å². The van der Waals surface area contributed by atoms with Crippen LogP contribution in [-0.4, -0.2) is 30.8 Å². The number of nitrogens with one attached hydrogen (secondary N) is 2. The number of ether oxygens (including phenoxy) is 1. The molecule has 2 rings (SSSR count). The molecule has 0 spiro atoms. The molecule has 0 saturated carbocycles. The maximum atomic E-state index is 5.44. The Bertz CT molecular complexity index is 567. The fourth-order valence-electron chi connectivity index (χ4n) is 1.49. The number of nitrogen functional groups attached to an aromatic ring is 1. The van der Waals surface area contributed by atoms with Gasteiger partial charge in [0.1, 0.15) is 0 Å². The van der Waals surface area contributed by atoms with Crippen molar-refractivity contribution in [2.45, 2.75) is 26.5 Å². The first-order chi connectivity index (χ1) is 9.56. The predicted molar refractivity (Wildman–Crippen MR) is 73.9 cm³/mol. The summed E-state index contributed by atoms with van der Waals surface area (Å²) in [4.78, 5) is 12.3. The van der Waals surface area contributed by atoms with Crippen molar-refractivity contribution in [3.63, 3.8) is 0 Å². The van der Waals surface area contributed by atoms with Crippen molar-refractivity contribution in [3.05, 3.63) is 18.0 Å². The third-order valence-corrected chi connectivity index (χ3v) is 2.28. The Morgan fingerprint density at radius 3 is 2.65 bits per heavy atom. The zero-order valence-corrected chi connectivity index (χ0v) is 11.7. The van der Waals surface area contributed by atoms with E-state index in [1.54, 1.807) is 4.68 Å². The first-order valence-electron chi connectivity index (χ1n) is 6.18. The zero-order valence-electron chi connectivity index (χ0n) is 11.7. The summed E-state index contributed by atoms with van der Waals surface area (Å²) in [7, 11) is 1.86. The average Bonchev–Trinajstić information content (AvgIpc) is 2.81. The highest BCUT2D eigenvalue weighted by Crippen LogP contribution is 2.12. The number of aryl methyl sites for hydroxylation is 1. The van der Waals surface area contributed by atoms with Crippen LogP contribution in [0.3, 0.4) is 0 Å². The number of rotatable bonds is 6. The SMILES string of the molecule is CC(C)Oc1nc(NN)nc(NCc2ccn(C)n2)n1. The maximum absolute atomic E-state index is 5.44. The fraction of sp³-hybridized carbons (Fsp3) is 0.455. The van der Waals surface area contributed by atoms with E-state index in [2.05, 4.69) is 30.8 Å². The molecule has 0 atom stereocenters. The fourth-order valence-corrected chi connectivity index (χ4v) is 1.49. The Labute approximate surface area is 116 Å². The molecule has 0 amide bonds. The van der Waals surface area contributed by atoms with Crippen LogP contribution in [0.2, 0.25) is 0 Å². The van der Waals surface area contributed by atoms with Gasteiger partial charge in [0.25, 0.3) is 0 Å². The Hall–Kier alpha value is -2.42. The van der Waals surface area contributed by atoms with Gasteiger partial charge in [-0.3, -0.25) is 10.1 Å². The van der Waals surface area contributed by atoms with Gasteiger partial charge in [-0.15, -0.1) is 0 Å². The minimum atomic E-state index is -0.0355. The van der Waals surface area contributed by atoms with Crippen molar-refractivity contribution < 1.29 is 4.74 Å². The Morgan fingerprint density at radius 1 is 1.30 bits per heavy atom. The van der Waals surface area contributed by atoms with E-state index in [0.717, 1.165) is 5.69 Å². The Balaban J connectivity index is 2.09. The molecule has 9 nitrogen and oxygen atoms in total. The van der Waals surface area contributed by atoms with Gasteiger partial charge < -0.3 is 10.1 Å². The second-order valence-corrected chi connectivity index (χ2v) is 4.41. The minimum Gasteiger partial charge on any atom is -0.461 e. The van der Waals surface area contributed by atoms with E-state index in [9.17, 15) is 0 Å². The van der Waals surface area contributed by atoms with Gasteiger partial charge in [-0.2, -0.15) is 20.1 Å². The lowest BCUT2D eigenvalue weighted by molar-refractivity contribution is 0.222. The molecule has 0 aliphatic heterocycles. The van der Waals surface area contributed by atoms with E-state index in [-0.39, 0.29) is 18.1 Å². The topological polar surface area (TPSA) is 116 Å². The van der Waals surface area contributed by atoms with Crippen LogP contribution >= 0.6 is 0 Å². The van der Waals surface area contributed by atoms with Gasteiger partial charge in [0.2, 0.25) is 11.9 Å². The van der Waals surface area contributed by atoms with E-state index in [4.69, 9.17) is 10.6 Å². The van der Waals surface area contributed by atoms with Crippen LogP contribution in [0.25, 0.3) is 0 Å². The highest BCUT2D eigenvalue weighted by molar-refractivity contribution is 5.35. The molecule has 108 valence electrons. The van der Waals surface area contributed by atoms with Crippen molar-refractivity contribution >= 4 is 11.9 Å². The molecule has 0 aliphatic carbocycles. The maximum Gasteiger partial charge on any atom is 0.323 e. The van der Waals surface area contributed by atoms with Gasteiger partial charge in [-0.1, -0.05) is 0 Å². The number of aromatic nitrogens is 5. The van der Waals surface area contributed by atoms with Crippen molar-refractivity contribution in [2.24, 2.45) is 12.9 Å². The lowest BCUT2D eigenvalue weighted by atomic mass is 10.4. The Kier molecular flexibility index (Phi) is 4.31.